The van der Waals surface area contributed by atoms with Crippen molar-refractivity contribution in [1.29, 1.82) is 5.26 Å². The summed E-state index contributed by atoms with van der Waals surface area (Å²) in [5, 5.41) is 16.1. The van der Waals surface area contributed by atoms with Gasteiger partial charge in [0.15, 0.2) is 6.10 Å². The second-order valence-electron chi connectivity index (χ2n) is 12.8. The molecular weight excluding hydrogens is 745 g/mol. The fraction of sp³-hybridized carbons (Fsp3) is 0.256. The van der Waals surface area contributed by atoms with Gasteiger partial charge in [-0.3, -0.25) is 9.59 Å². The summed E-state index contributed by atoms with van der Waals surface area (Å²) in [5.74, 6) is -1.20. The van der Waals surface area contributed by atoms with Gasteiger partial charge in [0.1, 0.15) is 37.3 Å². The number of carbonyl (C=O) groups excluding carboxylic acids is 2. The third-order valence-corrected chi connectivity index (χ3v) is 9.48. The highest BCUT2D eigenvalue weighted by Crippen LogP contribution is 2.36. The number of alkyl halides is 5. The largest absolute Gasteiger partial charge is 0.485 e. The Kier molecular flexibility index (Phi) is 11.4. The molecule has 6 rings (SSSR count). The second-order valence-corrected chi connectivity index (χ2v) is 13.2. The zero-order chi connectivity index (χ0) is 39.4. The number of rotatable bonds is 13. The van der Waals surface area contributed by atoms with Crippen molar-refractivity contribution >= 4 is 45.5 Å². The van der Waals surface area contributed by atoms with Crippen molar-refractivity contribution < 1.29 is 36.3 Å². The summed E-state index contributed by atoms with van der Waals surface area (Å²) < 4.78 is 74.3. The standard InChI is InChI=1S/C39H33ClF5N7O3/c1-22(24-9-13-27(14-10-24)39(43,44)45)49-38(54)36(52-21-48-32-8-4-6-30(40)34(32)52)35(51-20-47-31-7-3-5-26(19-46)33(31)51)37(53)50-23(2)25-11-15-28(16-12-25)55-29(17-41)18-42/h3-16,20-23,29,35-36H,17-18H2,1-2H3,(H,49,54)(H,50,53). The van der Waals surface area contributed by atoms with Gasteiger partial charge in [0.05, 0.1) is 63.0 Å². The van der Waals surface area contributed by atoms with Crippen LogP contribution in [0.25, 0.3) is 22.1 Å². The predicted molar refractivity (Wildman–Crippen MR) is 195 cm³/mol. The molecule has 4 aromatic carbocycles. The van der Waals surface area contributed by atoms with Crippen molar-refractivity contribution in [2.75, 3.05) is 13.3 Å². The summed E-state index contributed by atoms with van der Waals surface area (Å²) in [6.07, 6.45) is -3.11. The first kappa shape index (κ1) is 38.7. The number of nitriles is 1. The molecule has 4 unspecified atom stereocenters. The Bertz CT molecular complexity index is 2350. The molecule has 10 nitrogen and oxygen atoms in total. The maximum atomic E-state index is 14.8. The number of nitrogens with zero attached hydrogens (tertiary/aromatic N) is 5. The van der Waals surface area contributed by atoms with E-state index in [0.29, 0.717) is 27.7 Å². The Morgan fingerprint density at radius 1 is 0.782 bits per heavy atom. The molecule has 0 saturated carbocycles. The summed E-state index contributed by atoms with van der Waals surface area (Å²) in [7, 11) is 0. The van der Waals surface area contributed by atoms with Crippen LogP contribution in [-0.2, 0) is 15.8 Å². The summed E-state index contributed by atoms with van der Waals surface area (Å²) in [6.45, 7) is 1.25. The zero-order valence-corrected chi connectivity index (χ0v) is 30.0. The van der Waals surface area contributed by atoms with Crippen molar-refractivity contribution in [2.45, 2.75) is 50.3 Å². The molecule has 0 aliphatic carbocycles. The summed E-state index contributed by atoms with van der Waals surface area (Å²) in [4.78, 5) is 38.4. The molecule has 16 heteroatoms. The third kappa shape index (κ3) is 8.09. The van der Waals surface area contributed by atoms with Crippen LogP contribution in [0, 0.1) is 11.3 Å². The average Bonchev–Trinajstić information content (AvgIpc) is 3.81. The van der Waals surface area contributed by atoms with Gasteiger partial charge in [-0.25, -0.2) is 18.7 Å². The molecular formula is C39H33ClF5N7O3. The van der Waals surface area contributed by atoms with Gasteiger partial charge in [0.25, 0.3) is 0 Å². The Hall–Kier alpha value is -6.01. The van der Waals surface area contributed by atoms with Gasteiger partial charge in [-0.05, 0) is 73.5 Å². The van der Waals surface area contributed by atoms with Crippen LogP contribution in [0.15, 0.2) is 97.6 Å². The van der Waals surface area contributed by atoms with E-state index in [-0.39, 0.29) is 21.9 Å². The molecule has 0 aliphatic heterocycles. The molecule has 6 aromatic rings. The fourth-order valence-corrected chi connectivity index (χ4v) is 6.61. The van der Waals surface area contributed by atoms with E-state index in [2.05, 4.69) is 26.7 Å². The van der Waals surface area contributed by atoms with E-state index in [1.54, 1.807) is 62.4 Å². The van der Waals surface area contributed by atoms with Crippen molar-refractivity contribution in [1.82, 2.24) is 29.7 Å². The Labute approximate surface area is 316 Å². The lowest BCUT2D eigenvalue weighted by molar-refractivity contribution is -0.137. The first-order valence-corrected chi connectivity index (χ1v) is 17.4. The van der Waals surface area contributed by atoms with Gasteiger partial charge in [0, 0.05) is 0 Å². The molecule has 0 radical (unpaired) electrons. The number of amides is 2. The fourth-order valence-electron chi connectivity index (χ4n) is 6.35. The van der Waals surface area contributed by atoms with Crippen LogP contribution in [0.4, 0.5) is 22.0 Å². The third-order valence-electron chi connectivity index (χ3n) is 9.18. The number of benzene rings is 4. The van der Waals surface area contributed by atoms with E-state index in [9.17, 15) is 36.8 Å². The van der Waals surface area contributed by atoms with Gasteiger partial charge in [-0.1, -0.05) is 48.0 Å². The van der Waals surface area contributed by atoms with Gasteiger partial charge < -0.3 is 24.5 Å². The number of carbonyl (C=O) groups is 2. The minimum absolute atomic E-state index is 0.169. The first-order valence-electron chi connectivity index (χ1n) is 17.0. The SMILES string of the molecule is CC(NC(=O)C(C(C(=O)NC(C)c1ccc(OC(CF)CF)cc1)n1cnc2cccc(C#N)c21)n1cnc2cccc(Cl)c21)c1ccc(C(F)(F)F)cc1. The molecule has 2 N–H and O–H groups in total. The molecule has 2 amide bonds. The van der Waals surface area contributed by atoms with Crippen LogP contribution in [0.3, 0.4) is 0 Å². The number of fused-ring (bicyclic) bond motifs is 2. The van der Waals surface area contributed by atoms with E-state index in [1.165, 1.54) is 46.1 Å². The monoisotopic (exact) mass is 777 g/mol. The number of hydrogen-bond donors (Lipinski definition) is 2. The Morgan fingerprint density at radius 2 is 1.27 bits per heavy atom. The Balaban J connectivity index is 1.45. The van der Waals surface area contributed by atoms with Crippen molar-refractivity contribution in [3.8, 4) is 11.8 Å². The van der Waals surface area contributed by atoms with Crippen molar-refractivity contribution in [2.24, 2.45) is 0 Å². The molecule has 2 aromatic heterocycles. The number of imidazole rings is 2. The van der Waals surface area contributed by atoms with Gasteiger partial charge >= 0.3 is 6.18 Å². The minimum Gasteiger partial charge on any atom is -0.485 e. The minimum atomic E-state index is -4.56. The number of aromatic nitrogens is 4. The normalized spacial score (nSPS) is 14.0. The van der Waals surface area contributed by atoms with E-state index >= 15 is 0 Å². The number of halogens is 6. The molecule has 55 heavy (non-hydrogen) atoms. The van der Waals surface area contributed by atoms with Crippen LogP contribution < -0.4 is 15.4 Å². The topological polar surface area (TPSA) is 127 Å². The summed E-state index contributed by atoms with van der Waals surface area (Å²) in [5.41, 5.74) is 1.61. The highest BCUT2D eigenvalue weighted by Gasteiger charge is 2.40. The smallest absolute Gasteiger partial charge is 0.416 e. The summed E-state index contributed by atoms with van der Waals surface area (Å²) in [6, 6.07) is 18.0. The lowest BCUT2D eigenvalue weighted by atomic mass is 10.0. The lowest BCUT2D eigenvalue weighted by Gasteiger charge is -2.31. The molecule has 0 spiro atoms. The highest BCUT2D eigenvalue weighted by atomic mass is 35.5. The number of hydrogen-bond acceptors (Lipinski definition) is 6. The number of nitrogens with one attached hydrogen (secondary N) is 2. The van der Waals surface area contributed by atoms with E-state index in [0.717, 1.165) is 12.1 Å². The maximum absolute atomic E-state index is 14.8. The van der Waals surface area contributed by atoms with Gasteiger partial charge in [0.2, 0.25) is 11.8 Å². The molecule has 0 fully saturated rings. The van der Waals surface area contributed by atoms with Crippen molar-refractivity contribution in [3.05, 3.63) is 125 Å². The Morgan fingerprint density at radius 3 is 1.78 bits per heavy atom. The molecule has 0 saturated heterocycles. The van der Waals surface area contributed by atoms with Gasteiger partial charge in [-0.2, -0.15) is 18.4 Å². The molecule has 0 bridgehead atoms. The summed E-state index contributed by atoms with van der Waals surface area (Å²) >= 11 is 6.69. The zero-order valence-electron chi connectivity index (χ0n) is 29.3. The van der Waals surface area contributed by atoms with E-state index in [1.807, 2.05) is 0 Å². The molecule has 0 aliphatic rings. The number of para-hydroxylation sites is 2. The highest BCUT2D eigenvalue weighted by molar-refractivity contribution is 6.35. The maximum Gasteiger partial charge on any atom is 0.416 e. The molecule has 2 heterocycles. The van der Waals surface area contributed by atoms with Crippen LogP contribution >= 0.6 is 11.6 Å². The molecule has 284 valence electrons. The number of ether oxygens (including phenoxy) is 1. The van der Waals surface area contributed by atoms with Crippen LogP contribution in [-0.4, -0.2) is 50.4 Å². The lowest BCUT2D eigenvalue weighted by Crippen LogP contribution is -2.45. The van der Waals surface area contributed by atoms with Crippen LogP contribution in [0.1, 0.15) is 60.3 Å². The molecule has 4 atom stereocenters. The average molecular weight is 778 g/mol. The van der Waals surface area contributed by atoms with Crippen LogP contribution in [0.5, 0.6) is 5.75 Å². The van der Waals surface area contributed by atoms with E-state index in [4.69, 9.17) is 16.3 Å². The van der Waals surface area contributed by atoms with Crippen molar-refractivity contribution in [3.63, 3.8) is 0 Å². The quantitative estimate of drug-likeness (QED) is 0.114. The second kappa shape index (κ2) is 16.2. The van der Waals surface area contributed by atoms with E-state index < -0.39 is 67.2 Å². The first-order chi connectivity index (χ1) is 26.3. The van der Waals surface area contributed by atoms with Crippen LogP contribution in [0.2, 0.25) is 5.02 Å². The predicted octanol–water partition coefficient (Wildman–Crippen LogP) is 8.15. The van der Waals surface area contributed by atoms with Gasteiger partial charge in [-0.15, -0.1) is 0 Å².